The van der Waals surface area contributed by atoms with E-state index in [1.165, 1.54) is 24.5 Å². The largest absolute Gasteiger partial charge is 0.493 e. The van der Waals surface area contributed by atoms with Crippen LogP contribution in [0.15, 0.2) is 30.5 Å². The predicted molar refractivity (Wildman–Crippen MR) is 88.6 cm³/mol. The average molecular weight is 329 g/mol. The highest BCUT2D eigenvalue weighted by molar-refractivity contribution is 7.15. The molecule has 0 aliphatic rings. The fourth-order valence-electron chi connectivity index (χ4n) is 1.75. The topological polar surface area (TPSA) is 84.2 Å². The maximum atomic E-state index is 11.8. The van der Waals surface area contributed by atoms with Crippen molar-refractivity contribution in [2.24, 2.45) is 0 Å². The van der Waals surface area contributed by atoms with E-state index in [-0.39, 0.29) is 12.5 Å². The number of methoxy groups -OCH3 is 1. The summed E-state index contributed by atoms with van der Waals surface area (Å²) in [7, 11) is 1.51. The Morgan fingerprint density at radius 3 is 2.96 bits per heavy atom. The molecule has 0 saturated heterocycles. The number of carbonyl (C=O) groups is 1. The van der Waals surface area contributed by atoms with Crippen molar-refractivity contribution >= 4 is 28.5 Å². The summed E-state index contributed by atoms with van der Waals surface area (Å²) in [5.74, 6) is 0.718. The number of benzene rings is 1. The standard InChI is InChI=1S/C16H15N3O3S/c1-11-10-18-16(23-11)19-15(20)6-4-12-3-5-13(22-8-7-17)14(9-12)21-2/h3-6,9-10H,8H2,1-2H3,(H,18,19,20). The van der Waals surface area contributed by atoms with Gasteiger partial charge in [0.05, 0.1) is 7.11 Å². The minimum absolute atomic E-state index is 0.0544. The molecule has 2 rings (SSSR count). The fourth-order valence-corrected chi connectivity index (χ4v) is 2.42. The monoisotopic (exact) mass is 329 g/mol. The first-order chi connectivity index (χ1) is 11.1. The van der Waals surface area contributed by atoms with Crippen LogP contribution in [0.2, 0.25) is 0 Å². The zero-order chi connectivity index (χ0) is 16.7. The lowest BCUT2D eigenvalue weighted by Crippen LogP contribution is -2.07. The van der Waals surface area contributed by atoms with Crippen molar-refractivity contribution in [2.45, 2.75) is 6.92 Å². The molecule has 0 radical (unpaired) electrons. The number of aromatic nitrogens is 1. The van der Waals surface area contributed by atoms with Crippen LogP contribution in [0, 0.1) is 18.3 Å². The Hall–Kier alpha value is -2.85. The van der Waals surface area contributed by atoms with Gasteiger partial charge in [-0.1, -0.05) is 6.07 Å². The number of thiazole rings is 1. The van der Waals surface area contributed by atoms with Crippen LogP contribution >= 0.6 is 11.3 Å². The van der Waals surface area contributed by atoms with Crippen LogP contribution in [-0.2, 0) is 4.79 Å². The Balaban J connectivity index is 2.04. The molecule has 1 amide bonds. The smallest absolute Gasteiger partial charge is 0.250 e. The summed E-state index contributed by atoms with van der Waals surface area (Å²) in [6, 6.07) is 7.09. The van der Waals surface area contributed by atoms with E-state index in [1.807, 2.05) is 13.0 Å². The van der Waals surface area contributed by atoms with Gasteiger partial charge in [-0.05, 0) is 30.7 Å². The Labute approximate surface area is 138 Å². The Morgan fingerprint density at radius 2 is 2.30 bits per heavy atom. The summed E-state index contributed by atoms with van der Waals surface area (Å²) in [6.45, 7) is 1.87. The molecule has 0 fully saturated rings. The van der Waals surface area contributed by atoms with E-state index >= 15 is 0 Å². The highest BCUT2D eigenvalue weighted by Gasteiger charge is 2.05. The molecule has 0 unspecified atom stereocenters. The highest BCUT2D eigenvalue weighted by atomic mass is 32.1. The number of hydrogen-bond acceptors (Lipinski definition) is 6. The number of nitriles is 1. The maximum absolute atomic E-state index is 11.8. The fraction of sp³-hybridized carbons (Fsp3) is 0.188. The molecule has 118 valence electrons. The van der Waals surface area contributed by atoms with Crippen molar-refractivity contribution in [1.82, 2.24) is 4.98 Å². The number of rotatable bonds is 6. The highest BCUT2D eigenvalue weighted by Crippen LogP contribution is 2.28. The quantitative estimate of drug-likeness (QED) is 0.824. The minimum atomic E-state index is -0.261. The molecule has 1 heterocycles. The lowest BCUT2D eigenvalue weighted by Gasteiger charge is -2.08. The molecule has 0 spiro atoms. The third-order valence-electron chi connectivity index (χ3n) is 2.76. The molecule has 0 aliphatic heterocycles. The van der Waals surface area contributed by atoms with Crippen molar-refractivity contribution in [3.05, 3.63) is 40.9 Å². The van der Waals surface area contributed by atoms with Crippen LogP contribution in [0.3, 0.4) is 0 Å². The number of carbonyl (C=O) groups excluding carboxylic acids is 1. The molecule has 1 N–H and O–H groups in total. The molecule has 1 aromatic heterocycles. The second-order valence-electron chi connectivity index (χ2n) is 4.46. The van der Waals surface area contributed by atoms with Crippen molar-refractivity contribution in [1.29, 1.82) is 5.26 Å². The van der Waals surface area contributed by atoms with Crippen molar-refractivity contribution in [2.75, 3.05) is 19.0 Å². The third kappa shape index (κ3) is 4.83. The van der Waals surface area contributed by atoms with E-state index in [0.717, 1.165) is 10.4 Å². The molecule has 6 nitrogen and oxygen atoms in total. The second-order valence-corrected chi connectivity index (χ2v) is 5.69. The van der Waals surface area contributed by atoms with E-state index in [1.54, 1.807) is 30.5 Å². The van der Waals surface area contributed by atoms with Gasteiger partial charge in [-0.3, -0.25) is 10.1 Å². The Morgan fingerprint density at radius 1 is 1.48 bits per heavy atom. The zero-order valence-corrected chi connectivity index (χ0v) is 13.5. The molecule has 0 saturated carbocycles. The Bertz CT molecular complexity index is 762. The van der Waals surface area contributed by atoms with E-state index in [9.17, 15) is 4.79 Å². The molecule has 0 atom stereocenters. The average Bonchev–Trinajstić information content (AvgIpc) is 2.96. The molecular weight excluding hydrogens is 314 g/mol. The van der Waals surface area contributed by atoms with Crippen LogP contribution in [0.1, 0.15) is 10.4 Å². The summed E-state index contributed by atoms with van der Waals surface area (Å²) >= 11 is 1.41. The van der Waals surface area contributed by atoms with Gasteiger partial charge in [0.25, 0.3) is 0 Å². The van der Waals surface area contributed by atoms with E-state index < -0.39 is 0 Å². The van der Waals surface area contributed by atoms with Crippen LogP contribution in [0.5, 0.6) is 11.5 Å². The number of amides is 1. The van der Waals surface area contributed by atoms with E-state index in [4.69, 9.17) is 14.7 Å². The zero-order valence-electron chi connectivity index (χ0n) is 12.7. The van der Waals surface area contributed by atoms with Gasteiger partial charge in [0.1, 0.15) is 6.07 Å². The molecule has 7 heteroatoms. The third-order valence-corrected chi connectivity index (χ3v) is 3.59. The van der Waals surface area contributed by atoms with Crippen LogP contribution in [0.4, 0.5) is 5.13 Å². The van der Waals surface area contributed by atoms with Crippen LogP contribution in [-0.4, -0.2) is 24.6 Å². The summed E-state index contributed by atoms with van der Waals surface area (Å²) in [5.41, 5.74) is 0.775. The second kappa shape index (κ2) is 7.96. The van der Waals surface area contributed by atoms with E-state index in [0.29, 0.717) is 16.6 Å². The molecule has 0 bridgehead atoms. The van der Waals surface area contributed by atoms with Gasteiger partial charge >= 0.3 is 0 Å². The van der Waals surface area contributed by atoms with Gasteiger partial charge < -0.3 is 9.47 Å². The number of anilines is 1. The SMILES string of the molecule is COc1cc(C=CC(=O)Nc2ncc(C)s2)ccc1OCC#N. The normalized spacial score (nSPS) is 10.3. The minimum Gasteiger partial charge on any atom is -0.493 e. The molecule has 2 aromatic rings. The number of aryl methyl sites for hydroxylation is 1. The number of nitrogens with zero attached hydrogens (tertiary/aromatic N) is 2. The Kier molecular flexibility index (Phi) is 5.72. The maximum Gasteiger partial charge on any atom is 0.250 e. The van der Waals surface area contributed by atoms with Gasteiger partial charge in [0, 0.05) is 17.2 Å². The first kappa shape index (κ1) is 16.5. The van der Waals surface area contributed by atoms with Crippen LogP contribution in [0.25, 0.3) is 6.08 Å². The first-order valence-electron chi connectivity index (χ1n) is 6.71. The first-order valence-corrected chi connectivity index (χ1v) is 7.53. The lowest BCUT2D eigenvalue weighted by atomic mass is 10.2. The summed E-state index contributed by atoms with van der Waals surface area (Å²) in [4.78, 5) is 16.9. The lowest BCUT2D eigenvalue weighted by molar-refractivity contribution is -0.111. The van der Waals surface area contributed by atoms with Crippen molar-refractivity contribution in [3.8, 4) is 17.6 Å². The van der Waals surface area contributed by atoms with Crippen molar-refractivity contribution in [3.63, 3.8) is 0 Å². The van der Waals surface area contributed by atoms with Gasteiger partial charge in [-0.15, -0.1) is 11.3 Å². The van der Waals surface area contributed by atoms with Crippen LogP contribution < -0.4 is 14.8 Å². The van der Waals surface area contributed by atoms with E-state index in [2.05, 4.69) is 10.3 Å². The van der Waals surface area contributed by atoms with Gasteiger partial charge in [0.2, 0.25) is 5.91 Å². The molecule has 23 heavy (non-hydrogen) atoms. The van der Waals surface area contributed by atoms with Crippen molar-refractivity contribution < 1.29 is 14.3 Å². The van der Waals surface area contributed by atoms with Gasteiger partial charge in [-0.2, -0.15) is 5.26 Å². The number of nitrogens with one attached hydrogen (secondary N) is 1. The summed E-state index contributed by atoms with van der Waals surface area (Å²) < 4.78 is 10.5. The number of ether oxygens (including phenoxy) is 2. The molecular formula is C16H15N3O3S. The summed E-state index contributed by atoms with van der Waals surface area (Å²) in [5, 5.41) is 11.8. The molecule has 1 aromatic carbocycles. The summed E-state index contributed by atoms with van der Waals surface area (Å²) in [6.07, 6.45) is 4.78. The predicted octanol–water partition coefficient (Wildman–Crippen LogP) is 3.01. The van der Waals surface area contributed by atoms with Gasteiger partial charge in [0.15, 0.2) is 23.2 Å². The number of hydrogen-bond donors (Lipinski definition) is 1. The van der Waals surface area contributed by atoms with Gasteiger partial charge in [-0.25, -0.2) is 4.98 Å². The molecule has 0 aliphatic carbocycles.